The van der Waals surface area contributed by atoms with Crippen LogP contribution in [-0.4, -0.2) is 61.8 Å². The van der Waals surface area contributed by atoms with Crippen molar-refractivity contribution in [3.05, 3.63) is 51.0 Å². The third kappa shape index (κ3) is 4.86. The van der Waals surface area contributed by atoms with Crippen LogP contribution in [-0.2, 0) is 4.74 Å². The van der Waals surface area contributed by atoms with Crippen LogP contribution in [0.4, 0.5) is 15.0 Å². The van der Waals surface area contributed by atoms with E-state index in [0.29, 0.717) is 36.5 Å². The molecule has 5 rings (SSSR count). The summed E-state index contributed by atoms with van der Waals surface area (Å²) >= 11 is 6.12. The standard InChI is InChI=1S/C26H30ClFN6O3/c1-14-8-9-29-19(16-6-7-16)20(14)34-23-17(12-18(28)21(27)30-23)22(31-24(34)35)33-11-10-32(13-15(33)2)25(36)37-26(3,4)5/h8-9,12,15-16H,6-7,10-11,13H2,1-5H3/t15-/m0/s1. The molecule has 3 aromatic rings. The molecule has 1 atom stereocenters. The molecule has 2 aliphatic rings. The fraction of sp³-hybridized carbons (Fsp3) is 0.500. The average Bonchev–Trinajstić information content (AvgIpc) is 3.65. The molecule has 2 fully saturated rings. The average molecular weight is 529 g/mol. The van der Waals surface area contributed by atoms with Crippen molar-refractivity contribution in [3.63, 3.8) is 0 Å². The molecule has 196 valence electrons. The Morgan fingerprint density at radius 2 is 1.95 bits per heavy atom. The highest BCUT2D eigenvalue weighted by molar-refractivity contribution is 6.30. The van der Waals surface area contributed by atoms with Gasteiger partial charge in [0.2, 0.25) is 0 Å². The van der Waals surface area contributed by atoms with E-state index in [2.05, 4.69) is 15.0 Å². The van der Waals surface area contributed by atoms with Gasteiger partial charge in [0, 0.05) is 37.8 Å². The molecule has 3 aromatic heterocycles. The van der Waals surface area contributed by atoms with Crippen molar-refractivity contribution in [2.24, 2.45) is 0 Å². The SMILES string of the molecule is Cc1ccnc(C2CC2)c1-n1c(=O)nc(N2CCN(C(=O)OC(C)(C)C)C[C@@H]2C)c2cc(F)c(Cl)nc21. The van der Waals surface area contributed by atoms with Gasteiger partial charge in [-0.25, -0.2) is 23.5 Å². The van der Waals surface area contributed by atoms with E-state index < -0.39 is 23.2 Å². The first kappa shape index (κ1) is 25.4. The Morgan fingerprint density at radius 3 is 2.59 bits per heavy atom. The van der Waals surface area contributed by atoms with Crippen LogP contribution in [0.2, 0.25) is 5.15 Å². The molecule has 0 aromatic carbocycles. The first-order chi connectivity index (χ1) is 17.4. The fourth-order valence-electron chi connectivity index (χ4n) is 4.79. The molecule has 4 heterocycles. The summed E-state index contributed by atoms with van der Waals surface area (Å²) in [5.41, 5.74) is 1.35. The molecular formula is C26H30ClFN6O3. The quantitative estimate of drug-likeness (QED) is 0.459. The van der Waals surface area contributed by atoms with Gasteiger partial charge >= 0.3 is 11.8 Å². The molecule has 0 radical (unpaired) electrons. The van der Waals surface area contributed by atoms with Gasteiger partial charge in [0.25, 0.3) is 0 Å². The van der Waals surface area contributed by atoms with Gasteiger partial charge in [-0.2, -0.15) is 4.98 Å². The van der Waals surface area contributed by atoms with Crippen LogP contribution in [0.3, 0.4) is 0 Å². The van der Waals surface area contributed by atoms with Crippen LogP contribution < -0.4 is 10.6 Å². The third-order valence-corrected chi connectivity index (χ3v) is 6.92. The molecule has 1 saturated carbocycles. The maximum atomic E-state index is 14.7. The summed E-state index contributed by atoms with van der Waals surface area (Å²) < 4.78 is 21.7. The van der Waals surface area contributed by atoms with Crippen molar-refractivity contribution < 1.29 is 13.9 Å². The van der Waals surface area contributed by atoms with Crippen LogP contribution in [0.15, 0.2) is 23.1 Å². The van der Waals surface area contributed by atoms with Crippen LogP contribution in [0.1, 0.15) is 57.7 Å². The molecule has 37 heavy (non-hydrogen) atoms. The summed E-state index contributed by atoms with van der Waals surface area (Å²) in [5.74, 6) is -0.133. The monoisotopic (exact) mass is 528 g/mol. The summed E-state index contributed by atoms with van der Waals surface area (Å²) in [6.45, 7) is 10.4. The molecule has 1 aliphatic heterocycles. The number of hydrogen-bond acceptors (Lipinski definition) is 7. The lowest BCUT2D eigenvalue weighted by Crippen LogP contribution is -2.55. The third-order valence-electron chi connectivity index (χ3n) is 6.65. The largest absolute Gasteiger partial charge is 0.444 e. The lowest BCUT2D eigenvalue weighted by Gasteiger charge is -2.41. The number of aryl methyl sites for hydroxylation is 1. The minimum atomic E-state index is -0.701. The molecule has 0 unspecified atom stereocenters. The van der Waals surface area contributed by atoms with Crippen molar-refractivity contribution >= 4 is 34.5 Å². The molecular weight excluding hydrogens is 499 g/mol. The number of rotatable bonds is 3. The smallest absolute Gasteiger partial charge is 0.410 e. The van der Waals surface area contributed by atoms with Crippen molar-refractivity contribution in [1.29, 1.82) is 0 Å². The van der Waals surface area contributed by atoms with Gasteiger partial charge in [-0.3, -0.25) is 4.98 Å². The zero-order chi connectivity index (χ0) is 26.6. The van der Waals surface area contributed by atoms with E-state index in [-0.39, 0.29) is 22.8 Å². The van der Waals surface area contributed by atoms with Crippen LogP contribution in [0, 0.1) is 12.7 Å². The van der Waals surface area contributed by atoms with E-state index in [1.54, 1.807) is 11.1 Å². The molecule has 1 saturated heterocycles. The zero-order valence-corrected chi connectivity index (χ0v) is 22.3. The molecule has 1 aliphatic carbocycles. The summed E-state index contributed by atoms with van der Waals surface area (Å²) in [7, 11) is 0. The van der Waals surface area contributed by atoms with E-state index in [1.165, 1.54) is 10.6 Å². The number of hydrogen-bond donors (Lipinski definition) is 0. The topological polar surface area (TPSA) is 93.5 Å². The number of nitrogens with zero attached hydrogens (tertiary/aromatic N) is 6. The minimum absolute atomic E-state index is 0.215. The number of piperazine rings is 1. The zero-order valence-electron chi connectivity index (χ0n) is 21.6. The Hall–Kier alpha value is -3.27. The van der Waals surface area contributed by atoms with Gasteiger partial charge in [0.05, 0.1) is 16.8 Å². The van der Waals surface area contributed by atoms with Crippen LogP contribution in [0.5, 0.6) is 0 Å². The maximum Gasteiger partial charge on any atom is 0.410 e. The highest BCUT2D eigenvalue weighted by Crippen LogP contribution is 2.42. The predicted octanol–water partition coefficient (Wildman–Crippen LogP) is 4.60. The second-order valence-electron chi connectivity index (χ2n) is 10.8. The van der Waals surface area contributed by atoms with Gasteiger partial charge in [0.15, 0.2) is 16.6 Å². The number of carbonyl (C=O) groups excluding carboxylic acids is 1. The summed E-state index contributed by atoms with van der Waals surface area (Å²) in [6.07, 6.45) is 3.31. The Bertz CT molecular complexity index is 1450. The number of ether oxygens (including phenoxy) is 1. The highest BCUT2D eigenvalue weighted by Gasteiger charge is 2.34. The van der Waals surface area contributed by atoms with E-state index in [0.717, 1.165) is 24.1 Å². The highest BCUT2D eigenvalue weighted by atomic mass is 35.5. The lowest BCUT2D eigenvalue weighted by atomic mass is 10.1. The van der Waals surface area contributed by atoms with Crippen molar-refractivity contribution in [1.82, 2.24) is 24.4 Å². The van der Waals surface area contributed by atoms with E-state index in [4.69, 9.17) is 16.3 Å². The number of anilines is 1. The Balaban J connectivity index is 1.61. The van der Waals surface area contributed by atoms with Crippen LogP contribution >= 0.6 is 11.6 Å². The molecule has 1 amide bonds. The minimum Gasteiger partial charge on any atom is -0.444 e. The second kappa shape index (κ2) is 9.24. The Morgan fingerprint density at radius 1 is 1.22 bits per heavy atom. The Kier molecular flexibility index (Phi) is 6.34. The van der Waals surface area contributed by atoms with Crippen LogP contribution in [0.25, 0.3) is 16.7 Å². The second-order valence-corrected chi connectivity index (χ2v) is 11.1. The number of halogens is 2. The maximum absolute atomic E-state index is 14.7. The Labute approximate surface area is 219 Å². The van der Waals surface area contributed by atoms with Crippen molar-refractivity contribution in [3.8, 4) is 5.69 Å². The number of fused-ring (bicyclic) bond motifs is 1. The number of pyridine rings is 2. The predicted molar refractivity (Wildman–Crippen MR) is 139 cm³/mol. The van der Waals surface area contributed by atoms with Gasteiger partial charge in [-0.1, -0.05) is 11.6 Å². The van der Waals surface area contributed by atoms with E-state index >= 15 is 0 Å². The molecule has 0 spiro atoms. The number of aromatic nitrogens is 4. The van der Waals surface area contributed by atoms with Crippen molar-refractivity contribution in [2.75, 3.05) is 24.5 Å². The summed E-state index contributed by atoms with van der Waals surface area (Å²) in [6, 6.07) is 2.89. The first-order valence-corrected chi connectivity index (χ1v) is 12.8. The fourth-order valence-corrected chi connectivity index (χ4v) is 4.92. The van der Waals surface area contributed by atoms with Gasteiger partial charge in [-0.15, -0.1) is 0 Å². The van der Waals surface area contributed by atoms with Crippen molar-refractivity contribution in [2.45, 2.75) is 65.0 Å². The number of carbonyl (C=O) groups is 1. The number of amides is 1. The molecule has 0 N–H and O–H groups in total. The summed E-state index contributed by atoms with van der Waals surface area (Å²) in [5, 5.41) is 0.0409. The lowest BCUT2D eigenvalue weighted by molar-refractivity contribution is 0.0218. The van der Waals surface area contributed by atoms with E-state index in [9.17, 15) is 14.0 Å². The summed E-state index contributed by atoms with van der Waals surface area (Å²) in [4.78, 5) is 43.1. The van der Waals surface area contributed by atoms with Gasteiger partial charge in [0.1, 0.15) is 11.4 Å². The first-order valence-electron chi connectivity index (χ1n) is 12.4. The van der Waals surface area contributed by atoms with Gasteiger partial charge in [-0.05, 0) is 65.2 Å². The van der Waals surface area contributed by atoms with Gasteiger partial charge < -0.3 is 14.5 Å². The molecule has 0 bridgehead atoms. The molecule has 11 heteroatoms. The normalized spacial score (nSPS) is 18.4. The van der Waals surface area contributed by atoms with E-state index in [1.807, 2.05) is 45.6 Å². The molecule has 9 nitrogen and oxygen atoms in total.